The van der Waals surface area contributed by atoms with Crippen LogP contribution in [0.1, 0.15) is 1.43 Å². The number of fused-ring (bicyclic) bond motifs is 1. The molecule has 1 aliphatic heterocycles. The summed E-state index contributed by atoms with van der Waals surface area (Å²) in [6.07, 6.45) is 0. The molecule has 13 heavy (non-hydrogen) atoms. The van der Waals surface area contributed by atoms with E-state index in [2.05, 4.69) is 28.6 Å². The van der Waals surface area contributed by atoms with Gasteiger partial charge in [0, 0.05) is 4.90 Å². The first kappa shape index (κ1) is 12.2. The summed E-state index contributed by atoms with van der Waals surface area (Å²) in [5.41, 5.74) is 1.04. The van der Waals surface area contributed by atoms with Gasteiger partial charge in [0.1, 0.15) is 4.32 Å². The Bertz CT molecular complexity index is 357. The SMILES string of the molecule is S=C1Nc2ccccc2S1(S)S.[H-].[Na+]. The Morgan fingerprint density at radius 3 is 2.54 bits per heavy atom. The van der Waals surface area contributed by atoms with Crippen LogP contribution in [-0.4, -0.2) is 4.32 Å². The molecular weight excluding hydrogens is 249 g/mol. The molecule has 66 valence electrons. The zero-order valence-electron chi connectivity index (χ0n) is 8.02. The van der Waals surface area contributed by atoms with Gasteiger partial charge in [-0.2, -0.15) is 0 Å². The fraction of sp³-hybridized carbons (Fsp3) is 0. The average molecular weight is 257 g/mol. The first-order valence-corrected chi connectivity index (χ1v) is 7.45. The zero-order valence-corrected chi connectivity index (χ0v) is 12.4. The minimum atomic E-state index is -1.48. The second kappa shape index (κ2) is 4.35. The summed E-state index contributed by atoms with van der Waals surface area (Å²) < 4.78 is 0.732. The molecule has 2 rings (SSSR count). The molecule has 0 bridgehead atoms. The molecule has 0 spiro atoms. The Labute approximate surface area is 118 Å². The predicted molar refractivity (Wildman–Crippen MR) is 67.6 cm³/mol. The molecular formula is C7H8NNaS4. The van der Waals surface area contributed by atoms with E-state index in [0.29, 0.717) is 0 Å². The van der Waals surface area contributed by atoms with Crippen molar-refractivity contribution in [2.24, 2.45) is 0 Å². The molecule has 0 amide bonds. The van der Waals surface area contributed by atoms with Gasteiger partial charge in [-0.05, 0) is 12.1 Å². The van der Waals surface area contributed by atoms with Crippen molar-refractivity contribution in [3.05, 3.63) is 24.3 Å². The number of hydrogen-bond donors (Lipinski definition) is 3. The van der Waals surface area contributed by atoms with Crippen LogP contribution in [0.2, 0.25) is 0 Å². The van der Waals surface area contributed by atoms with Crippen molar-refractivity contribution in [2.45, 2.75) is 4.90 Å². The summed E-state index contributed by atoms with van der Waals surface area (Å²) in [4.78, 5) is 1.11. The molecule has 1 heterocycles. The number of rotatable bonds is 0. The van der Waals surface area contributed by atoms with Crippen LogP contribution in [0.3, 0.4) is 0 Å². The van der Waals surface area contributed by atoms with E-state index in [1.807, 2.05) is 24.3 Å². The van der Waals surface area contributed by atoms with E-state index in [1.54, 1.807) is 0 Å². The third kappa shape index (κ3) is 2.07. The van der Waals surface area contributed by atoms with E-state index in [4.69, 9.17) is 12.2 Å². The Balaban J connectivity index is 0.000000845. The summed E-state index contributed by atoms with van der Waals surface area (Å²) in [6, 6.07) is 7.94. The Morgan fingerprint density at radius 2 is 1.92 bits per heavy atom. The molecule has 0 unspecified atom stereocenters. The molecule has 1 N–H and O–H groups in total. The van der Waals surface area contributed by atoms with Crippen LogP contribution in [0.5, 0.6) is 0 Å². The number of thiocarbonyl (C=S) groups is 1. The second-order valence-electron chi connectivity index (χ2n) is 2.46. The smallest absolute Gasteiger partial charge is 1.00 e. The molecule has 0 aromatic heterocycles. The van der Waals surface area contributed by atoms with Crippen LogP contribution in [0, 0.1) is 0 Å². The van der Waals surface area contributed by atoms with Gasteiger partial charge in [-0.1, -0.05) is 32.4 Å². The third-order valence-electron chi connectivity index (χ3n) is 1.69. The largest absolute Gasteiger partial charge is 1.00 e. The van der Waals surface area contributed by atoms with E-state index >= 15 is 0 Å². The standard InChI is InChI=1S/C7H7NS4.Na.H/c9-7-8-5-3-1-2-4-6(5)12(7,10)11;;/h1-4,10-11H,(H,8,9);;/q;+1;-1. The third-order valence-corrected chi connectivity index (χ3v) is 7.15. The summed E-state index contributed by atoms with van der Waals surface area (Å²) >= 11 is 14.1. The molecule has 0 fully saturated rings. The van der Waals surface area contributed by atoms with Crippen LogP contribution in [-0.2, 0) is 0 Å². The van der Waals surface area contributed by atoms with Crippen molar-refractivity contribution in [3.63, 3.8) is 0 Å². The van der Waals surface area contributed by atoms with Gasteiger partial charge in [0.15, 0.2) is 0 Å². The number of benzene rings is 1. The van der Waals surface area contributed by atoms with E-state index < -0.39 is 8.09 Å². The van der Waals surface area contributed by atoms with Gasteiger partial charge in [0.05, 0.1) is 5.69 Å². The van der Waals surface area contributed by atoms with Crippen LogP contribution in [0.4, 0.5) is 5.69 Å². The van der Waals surface area contributed by atoms with Gasteiger partial charge >= 0.3 is 29.6 Å². The molecule has 6 heteroatoms. The molecule has 1 aromatic carbocycles. The molecule has 0 atom stereocenters. The minimum absolute atomic E-state index is 0. The van der Waals surface area contributed by atoms with E-state index in [9.17, 15) is 0 Å². The predicted octanol–water partition coefficient (Wildman–Crippen LogP) is 0.367. The van der Waals surface area contributed by atoms with Gasteiger partial charge in [-0.15, -0.1) is 23.3 Å². The minimum Gasteiger partial charge on any atom is -1.00 e. The monoisotopic (exact) mass is 257 g/mol. The summed E-state index contributed by atoms with van der Waals surface area (Å²) in [7, 11) is -1.48. The molecule has 0 saturated carbocycles. The van der Waals surface area contributed by atoms with Gasteiger partial charge < -0.3 is 6.74 Å². The van der Waals surface area contributed by atoms with Crippen molar-refractivity contribution < 1.29 is 31.0 Å². The van der Waals surface area contributed by atoms with E-state index in [-0.39, 0.29) is 31.0 Å². The van der Waals surface area contributed by atoms with Crippen molar-refractivity contribution in [3.8, 4) is 0 Å². The topological polar surface area (TPSA) is 12.0 Å². The van der Waals surface area contributed by atoms with Crippen LogP contribution in [0.15, 0.2) is 29.2 Å². The first-order valence-electron chi connectivity index (χ1n) is 3.30. The van der Waals surface area contributed by atoms with Crippen molar-refractivity contribution in [2.75, 3.05) is 5.32 Å². The van der Waals surface area contributed by atoms with Gasteiger partial charge in [-0.3, -0.25) is 0 Å². The second-order valence-corrected chi connectivity index (χ2v) is 9.22. The van der Waals surface area contributed by atoms with Gasteiger partial charge in [0.25, 0.3) is 0 Å². The maximum atomic E-state index is 5.13. The number of para-hydroxylation sites is 1. The maximum absolute atomic E-state index is 5.13. The molecule has 0 radical (unpaired) electrons. The zero-order chi connectivity index (χ0) is 8.77. The number of hydrogen-bond acceptors (Lipinski definition) is 3. The van der Waals surface area contributed by atoms with Crippen molar-refractivity contribution in [1.82, 2.24) is 0 Å². The van der Waals surface area contributed by atoms with Crippen LogP contribution < -0.4 is 34.9 Å². The fourth-order valence-corrected chi connectivity index (χ4v) is 3.85. The molecule has 1 aromatic rings. The molecule has 0 saturated heterocycles. The number of anilines is 1. The Kier molecular flexibility index (Phi) is 4.09. The first-order chi connectivity index (χ1) is 5.62. The number of nitrogens with one attached hydrogen (secondary N) is 1. The summed E-state index contributed by atoms with van der Waals surface area (Å²) in [5, 5.41) is 3.10. The number of thiol groups is 2. The molecule has 1 nitrogen and oxygen atoms in total. The van der Waals surface area contributed by atoms with E-state index in [1.165, 1.54) is 0 Å². The average Bonchev–Trinajstić information content (AvgIpc) is 2.25. The van der Waals surface area contributed by atoms with Crippen LogP contribution >= 0.6 is 43.6 Å². The fourth-order valence-electron chi connectivity index (χ4n) is 1.10. The normalized spacial score (nSPS) is 19.7. The Morgan fingerprint density at radius 1 is 1.31 bits per heavy atom. The van der Waals surface area contributed by atoms with E-state index in [0.717, 1.165) is 14.9 Å². The van der Waals surface area contributed by atoms with Crippen molar-refractivity contribution >= 4 is 53.6 Å². The summed E-state index contributed by atoms with van der Waals surface area (Å²) in [6.45, 7) is 0. The molecule has 0 aliphatic carbocycles. The van der Waals surface area contributed by atoms with Crippen LogP contribution in [0.25, 0.3) is 0 Å². The van der Waals surface area contributed by atoms with Gasteiger partial charge in [0.2, 0.25) is 0 Å². The van der Waals surface area contributed by atoms with Crippen molar-refractivity contribution in [1.29, 1.82) is 0 Å². The summed E-state index contributed by atoms with van der Waals surface area (Å²) in [5.74, 6) is 0. The maximum Gasteiger partial charge on any atom is 1.00 e. The molecule has 1 aliphatic rings. The van der Waals surface area contributed by atoms with Gasteiger partial charge in [-0.25, -0.2) is 0 Å². The Hall–Kier alpha value is 1.16. The quantitative estimate of drug-likeness (QED) is 0.204.